The summed E-state index contributed by atoms with van der Waals surface area (Å²) < 4.78 is 19.6. The van der Waals surface area contributed by atoms with E-state index in [0.29, 0.717) is 0 Å². The number of carbonyl (C=O) groups is 3. The average Bonchev–Trinajstić information content (AvgIpc) is 3.47. The van der Waals surface area contributed by atoms with Gasteiger partial charge in [0, 0.05) is 18.6 Å². The smallest absolute Gasteiger partial charge is 0.355 e. The molecule has 0 aliphatic heterocycles. The fourth-order valence-corrected chi connectivity index (χ4v) is 4.93. The lowest BCUT2D eigenvalue weighted by Gasteiger charge is -2.25. The lowest BCUT2D eigenvalue weighted by molar-refractivity contribution is 0.0586. The highest BCUT2D eigenvalue weighted by atomic mass is 31.1. The van der Waals surface area contributed by atoms with Crippen LogP contribution in [0, 0.1) is 0 Å². The lowest BCUT2D eigenvalue weighted by atomic mass is 10.4. The molecule has 9 nitrogen and oxygen atoms in total. The Morgan fingerprint density at radius 2 is 0.929 bits per heavy atom. The molecule has 0 saturated heterocycles. The van der Waals surface area contributed by atoms with Gasteiger partial charge >= 0.3 is 17.9 Å². The van der Waals surface area contributed by atoms with Gasteiger partial charge in [0.25, 0.3) is 0 Å². The zero-order valence-electron chi connectivity index (χ0n) is 15.4. The van der Waals surface area contributed by atoms with Crippen LogP contribution in [0.2, 0.25) is 0 Å². The van der Waals surface area contributed by atoms with Gasteiger partial charge < -0.3 is 14.2 Å². The molecule has 3 aromatic rings. The van der Waals surface area contributed by atoms with E-state index >= 15 is 0 Å². The summed E-state index contributed by atoms with van der Waals surface area (Å²) in [5, 5.41) is 0. The van der Waals surface area contributed by atoms with E-state index in [2.05, 4.69) is 0 Å². The molecule has 0 spiro atoms. The molecule has 28 heavy (non-hydrogen) atoms. The highest BCUT2D eigenvalue weighted by Gasteiger charge is 2.28. The molecule has 0 aliphatic rings. The van der Waals surface area contributed by atoms with Crippen LogP contribution in [0.3, 0.4) is 0 Å². The number of ether oxygens (including phenoxy) is 3. The van der Waals surface area contributed by atoms with Crippen molar-refractivity contribution in [2.45, 2.75) is 0 Å². The van der Waals surface area contributed by atoms with E-state index in [1.54, 1.807) is 68.0 Å². The Kier molecular flexibility index (Phi) is 5.65. The number of hydrogen-bond acceptors (Lipinski definition) is 6. The summed E-state index contributed by atoms with van der Waals surface area (Å²) >= 11 is 0. The Labute approximate surface area is 161 Å². The van der Waals surface area contributed by atoms with Gasteiger partial charge in [0.1, 0.15) is 17.1 Å². The number of rotatable bonds is 6. The number of carbonyl (C=O) groups excluding carboxylic acids is 3. The predicted molar refractivity (Wildman–Crippen MR) is 100 cm³/mol. The Bertz CT molecular complexity index is 889. The first-order valence-electron chi connectivity index (χ1n) is 8.11. The SMILES string of the molecule is COC(=O)c1cccn1P(n1cccc1C(=O)OC)n1cccc1C(=O)OC. The molecule has 10 heteroatoms. The minimum atomic E-state index is -1.66. The number of nitrogens with zero attached hydrogens (tertiary/aromatic N) is 3. The molecule has 3 rings (SSSR count). The van der Waals surface area contributed by atoms with Gasteiger partial charge in [0.15, 0.2) is 0 Å². The van der Waals surface area contributed by atoms with Gasteiger partial charge in [0.2, 0.25) is 8.37 Å². The van der Waals surface area contributed by atoms with Crippen LogP contribution in [0.5, 0.6) is 0 Å². The van der Waals surface area contributed by atoms with Gasteiger partial charge in [-0.2, -0.15) is 0 Å². The van der Waals surface area contributed by atoms with Crippen LogP contribution >= 0.6 is 8.37 Å². The maximum atomic E-state index is 12.3. The average molecular weight is 403 g/mol. The van der Waals surface area contributed by atoms with Crippen LogP contribution < -0.4 is 0 Å². The van der Waals surface area contributed by atoms with Crippen molar-refractivity contribution in [3.8, 4) is 0 Å². The van der Waals surface area contributed by atoms with Gasteiger partial charge in [-0.25, -0.2) is 14.4 Å². The summed E-state index contributed by atoms with van der Waals surface area (Å²) in [6.45, 7) is 0. The summed E-state index contributed by atoms with van der Waals surface area (Å²) in [6, 6.07) is 9.86. The minimum absolute atomic E-state index is 0.266. The molecule has 146 valence electrons. The lowest BCUT2D eigenvalue weighted by Crippen LogP contribution is -2.19. The van der Waals surface area contributed by atoms with Crippen molar-refractivity contribution in [1.82, 2.24) is 13.0 Å². The zero-order valence-corrected chi connectivity index (χ0v) is 16.3. The van der Waals surface area contributed by atoms with E-state index in [1.807, 2.05) is 0 Å². The number of aromatic nitrogens is 3. The summed E-state index contributed by atoms with van der Waals surface area (Å²) in [6.07, 6.45) is 5.04. The van der Waals surface area contributed by atoms with E-state index in [-0.39, 0.29) is 17.1 Å². The van der Waals surface area contributed by atoms with Crippen LogP contribution in [0.1, 0.15) is 31.5 Å². The first-order valence-corrected chi connectivity index (χ1v) is 9.31. The molecule has 0 N–H and O–H groups in total. The van der Waals surface area contributed by atoms with Crippen molar-refractivity contribution in [3.63, 3.8) is 0 Å². The number of hydrogen-bond donors (Lipinski definition) is 0. The van der Waals surface area contributed by atoms with Crippen LogP contribution in [0.4, 0.5) is 0 Å². The van der Waals surface area contributed by atoms with Gasteiger partial charge in [-0.15, -0.1) is 0 Å². The van der Waals surface area contributed by atoms with Gasteiger partial charge in [-0.3, -0.25) is 13.0 Å². The summed E-state index contributed by atoms with van der Waals surface area (Å²) in [4.78, 5) is 36.8. The third-order valence-electron chi connectivity index (χ3n) is 3.95. The molecule has 0 aliphatic carbocycles. The summed E-state index contributed by atoms with van der Waals surface area (Å²) in [5.41, 5.74) is 0.799. The second kappa shape index (κ2) is 8.14. The highest BCUT2D eigenvalue weighted by Crippen LogP contribution is 2.45. The highest BCUT2D eigenvalue weighted by molar-refractivity contribution is 7.53. The van der Waals surface area contributed by atoms with Gasteiger partial charge in [0.05, 0.1) is 21.3 Å². The molecule has 0 amide bonds. The van der Waals surface area contributed by atoms with Crippen molar-refractivity contribution in [1.29, 1.82) is 0 Å². The number of esters is 3. The van der Waals surface area contributed by atoms with Gasteiger partial charge in [-0.1, -0.05) is 0 Å². The molecule has 3 aromatic heterocycles. The quantitative estimate of drug-likeness (QED) is 0.357. The van der Waals surface area contributed by atoms with Crippen molar-refractivity contribution < 1.29 is 28.6 Å². The largest absolute Gasteiger partial charge is 0.464 e. The third-order valence-corrected chi connectivity index (χ3v) is 6.15. The summed E-state index contributed by atoms with van der Waals surface area (Å²) in [5.74, 6) is -1.64. The fourth-order valence-electron chi connectivity index (χ4n) is 2.69. The van der Waals surface area contributed by atoms with Crippen molar-refractivity contribution in [2.75, 3.05) is 21.3 Å². The van der Waals surface area contributed by atoms with Gasteiger partial charge in [-0.05, 0) is 36.4 Å². The minimum Gasteiger partial charge on any atom is -0.464 e. The van der Waals surface area contributed by atoms with Crippen molar-refractivity contribution in [3.05, 3.63) is 72.1 Å². The summed E-state index contributed by atoms with van der Waals surface area (Å²) in [7, 11) is 2.19. The van der Waals surface area contributed by atoms with Crippen LogP contribution in [-0.2, 0) is 14.2 Å². The maximum Gasteiger partial charge on any atom is 0.355 e. The molecule has 3 heterocycles. The predicted octanol–water partition coefficient (Wildman–Crippen LogP) is 2.62. The fraction of sp³-hybridized carbons (Fsp3) is 0.167. The van der Waals surface area contributed by atoms with Crippen LogP contribution in [0.15, 0.2) is 55.0 Å². The molecule has 0 aromatic carbocycles. The second-order valence-electron chi connectivity index (χ2n) is 5.46. The molecular weight excluding hydrogens is 385 g/mol. The molecule has 0 bridgehead atoms. The van der Waals surface area contributed by atoms with Crippen molar-refractivity contribution in [2.24, 2.45) is 0 Å². The molecular formula is C18H18N3O6P. The maximum absolute atomic E-state index is 12.3. The normalized spacial score (nSPS) is 10.7. The van der Waals surface area contributed by atoms with E-state index in [1.165, 1.54) is 21.3 Å². The molecule has 0 unspecified atom stereocenters. The Balaban J connectivity index is 2.26. The zero-order chi connectivity index (χ0) is 20.3. The van der Waals surface area contributed by atoms with Crippen LogP contribution in [0.25, 0.3) is 0 Å². The number of methoxy groups -OCH3 is 3. The standard InChI is InChI=1S/C18H18N3O6P/c1-25-16(22)13-7-4-10-19(13)28(20-11-5-8-14(20)17(23)26-2)21-12-6-9-15(21)18(24)27-3/h4-12H,1-3H3. The monoisotopic (exact) mass is 403 g/mol. The first-order chi connectivity index (χ1) is 13.5. The van der Waals surface area contributed by atoms with Crippen LogP contribution in [-0.4, -0.2) is 52.3 Å². The molecule has 0 radical (unpaired) electrons. The Morgan fingerprint density at radius 3 is 1.18 bits per heavy atom. The molecule has 0 atom stereocenters. The van der Waals surface area contributed by atoms with E-state index in [0.717, 1.165) is 0 Å². The van der Waals surface area contributed by atoms with E-state index in [9.17, 15) is 14.4 Å². The van der Waals surface area contributed by atoms with E-state index < -0.39 is 26.3 Å². The first kappa shape index (κ1) is 19.4. The molecule has 0 fully saturated rings. The van der Waals surface area contributed by atoms with Crippen molar-refractivity contribution >= 4 is 26.3 Å². The second-order valence-corrected chi connectivity index (χ2v) is 7.29. The third kappa shape index (κ3) is 3.32. The van der Waals surface area contributed by atoms with E-state index in [4.69, 9.17) is 14.2 Å². The Hall–Kier alpha value is -3.32. The topological polar surface area (TPSA) is 93.7 Å². The Morgan fingerprint density at radius 1 is 0.643 bits per heavy atom. The molecule has 0 saturated carbocycles.